The van der Waals surface area contributed by atoms with Gasteiger partial charge in [0.2, 0.25) is 5.88 Å². The van der Waals surface area contributed by atoms with Crippen LogP contribution in [0.25, 0.3) is 0 Å². The second-order valence-electron chi connectivity index (χ2n) is 3.62. The third kappa shape index (κ3) is 2.87. The van der Waals surface area contributed by atoms with Gasteiger partial charge in [0.1, 0.15) is 23.6 Å². The summed E-state index contributed by atoms with van der Waals surface area (Å²) in [6.07, 6.45) is 1.24. The van der Waals surface area contributed by atoms with E-state index in [2.05, 4.69) is 15.3 Å². The Hall–Kier alpha value is -2.44. The number of hydrogen-bond donors (Lipinski definition) is 2. The molecule has 0 spiro atoms. The number of rotatable bonds is 4. The van der Waals surface area contributed by atoms with E-state index in [0.717, 1.165) is 12.1 Å². The normalized spacial score (nSPS) is 10.3. The first-order valence-electron chi connectivity index (χ1n) is 5.57. The van der Waals surface area contributed by atoms with Crippen molar-refractivity contribution in [2.45, 2.75) is 6.92 Å². The molecule has 19 heavy (non-hydrogen) atoms. The van der Waals surface area contributed by atoms with E-state index in [1.807, 2.05) is 0 Å². The van der Waals surface area contributed by atoms with Gasteiger partial charge in [0, 0.05) is 6.07 Å². The Morgan fingerprint density at radius 1 is 1.32 bits per heavy atom. The summed E-state index contributed by atoms with van der Waals surface area (Å²) in [5, 5.41) is 2.67. The number of halogens is 2. The van der Waals surface area contributed by atoms with Crippen molar-refractivity contribution in [2.24, 2.45) is 0 Å². The molecule has 1 aromatic carbocycles. The smallest absolute Gasteiger partial charge is 0.242 e. The summed E-state index contributed by atoms with van der Waals surface area (Å²) in [5.74, 6) is -0.990. The standard InChI is InChI=1S/C12H12F2N4O/c1-2-19-12-10(15)11(16-6-17-12)18-9-4-3-7(13)5-8(9)14/h3-6H,2,15H2,1H3,(H,16,17,18). The highest BCUT2D eigenvalue weighted by Crippen LogP contribution is 2.28. The molecule has 100 valence electrons. The molecule has 0 saturated heterocycles. The van der Waals surface area contributed by atoms with Crippen LogP contribution in [0.3, 0.4) is 0 Å². The van der Waals surface area contributed by atoms with E-state index in [0.29, 0.717) is 6.61 Å². The van der Waals surface area contributed by atoms with Gasteiger partial charge < -0.3 is 15.8 Å². The van der Waals surface area contributed by atoms with E-state index >= 15 is 0 Å². The second kappa shape index (κ2) is 5.47. The molecule has 0 saturated carbocycles. The van der Waals surface area contributed by atoms with Gasteiger partial charge in [-0.2, -0.15) is 4.98 Å². The predicted molar refractivity (Wildman–Crippen MR) is 67.3 cm³/mol. The molecule has 3 N–H and O–H groups in total. The van der Waals surface area contributed by atoms with Gasteiger partial charge in [0.05, 0.1) is 12.3 Å². The lowest BCUT2D eigenvalue weighted by Gasteiger charge is -2.11. The molecule has 0 bridgehead atoms. The summed E-state index contributed by atoms with van der Waals surface area (Å²) >= 11 is 0. The number of nitrogen functional groups attached to an aromatic ring is 1. The van der Waals surface area contributed by atoms with Gasteiger partial charge in [-0.3, -0.25) is 0 Å². The number of nitrogens with two attached hydrogens (primary N) is 1. The third-order valence-corrected chi connectivity index (χ3v) is 2.31. The molecule has 0 atom stereocenters. The predicted octanol–water partition coefficient (Wildman–Crippen LogP) is 2.48. The molecule has 0 amide bonds. The molecule has 5 nitrogen and oxygen atoms in total. The lowest BCUT2D eigenvalue weighted by atomic mass is 10.3. The van der Waals surface area contributed by atoms with Gasteiger partial charge in [-0.25, -0.2) is 13.8 Å². The van der Waals surface area contributed by atoms with Crippen LogP contribution in [0.4, 0.5) is 26.0 Å². The molecular formula is C12H12F2N4O. The molecule has 0 fully saturated rings. The summed E-state index contributed by atoms with van der Waals surface area (Å²) in [7, 11) is 0. The zero-order chi connectivity index (χ0) is 13.8. The number of hydrogen-bond acceptors (Lipinski definition) is 5. The van der Waals surface area contributed by atoms with Gasteiger partial charge >= 0.3 is 0 Å². The first-order chi connectivity index (χ1) is 9.11. The molecule has 1 heterocycles. The molecule has 1 aromatic heterocycles. The fourth-order valence-corrected chi connectivity index (χ4v) is 1.45. The van der Waals surface area contributed by atoms with E-state index in [9.17, 15) is 8.78 Å². The number of nitrogens with zero attached hydrogens (tertiary/aromatic N) is 2. The number of ether oxygens (including phenoxy) is 1. The van der Waals surface area contributed by atoms with Crippen LogP contribution in [0.1, 0.15) is 6.92 Å². The van der Waals surface area contributed by atoms with Crippen LogP contribution >= 0.6 is 0 Å². The van der Waals surface area contributed by atoms with Crippen molar-refractivity contribution in [3.05, 3.63) is 36.2 Å². The molecule has 2 aromatic rings. The highest BCUT2D eigenvalue weighted by molar-refractivity contribution is 5.72. The minimum Gasteiger partial charge on any atom is -0.476 e. The second-order valence-corrected chi connectivity index (χ2v) is 3.62. The largest absolute Gasteiger partial charge is 0.476 e. The van der Waals surface area contributed by atoms with Gasteiger partial charge in [0.25, 0.3) is 0 Å². The first kappa shape index (κ1) is 13.0. The van der Waals surface area contributed by atoms with Crippen LogP contribution in [0.2, 0.25) is 0 Å². The van der Waals surface area contributed by atoms with E-state index < -0.39 is 11.6 Å². The summed E-state index contributed by atoms with van der Waals surface area (Å²) in [5.41, 5.74) is 6.01. The van der Waals surface area contributed by atoms with E-state index in [1.165, 1.54) is 12.4 Å². The number of anilines is 3. The van der Waals surface area contributed by atoms with Crippen LogP contribution in [-0.2, 0) is 0 Å². The summed E-state index contributed by atoms with van der Waals surface area (Å²) < 4.78 is 31.5. The number of aromatic nitrogens is 2. The Kier molecular flexibility index (Phi) is 3.74. The number of benzene rings is 1. The topological polar surface area (TPSA) is 73.1 Å². The van der Waals surface area contributed by atoms with Crippen molar-refractivity contribution >= 4 is 17.2 Å². The van der Waals surface area contributed by atoms with E-state index in [-0.39, 0.29) is 23.1 Å². The van der Waals surface area contributed by atoms with Crippen molar-refractivity contribution in [1.29, 1.82) is 0 Å². The minimum absolute atomic E-state index is 0.0641. The van der Waals surface area contributed by atoms with Crippen LogP contribution in [0.15, 0.2) is 24.5 Å². The molecule has 0 radical (unpaired) electrons. The van der Waals surface area contributed by atoms with Gasteiger partial charge in [-0.05, 0) is 19.1 Å². The average Bonchev–Trinajstić information content (AvgIpc) is 2.37. The Morgan fingerprint density at radius 2 is 2.11 bits per heavy atom. The zero-order valence-corrected chi connectivity index (χ0v) is 10.2. The van der Waals surface area contributed by atoms with Crippen LogP contribution in [-0.4, -0.2) is 16.6 Å². The summed E-state index contributed by atoms with van der Waals surface area (Å²) in [6, 6.07) is 3.15. The fraction of sp³-hybridized carbons (Fsp3) is 0.167. The lowest BCUT2D eigenvalue weighted by molar-refractivity contribution is 0.328. The van der Waals surface area contributed by atoms with Crippen LogP contribution < -0.4 is 15.8 Å². The van der Waals surface area contributed by atoms with Gasteiger partial charge in [0.15, 0.2) is 5.82 Å². The van der Waals surface area contributed by atoms with E-state index in [1.54, 1.807) is 6.92 Å². The highest BCUT2D eigenvalue weighted by atomic mass is 19.1. The van der Waals surface area contributed by atoms with Crippen LogP contribution in [0.5, 0.6) is 5.88 Å². The summed E-state index contributed by atoms with van der Waals surface area (Å²) in [6.45, 7) is 2.18. The van der Waals surface area contributed by atoms with E-state index in [4.69, 9.17) is 10.5 Å². The maximum absolute atomic E-state index is 13.5. The van der Waals surface area contributed by atoms with Gasteiger partial charge in [-0.1, -0.05) is 0 Å². The number of nitrogens with one attached hydrogen (secondary N) is 1. The average molecular weight is 266 g/mol. The first-order valence-corrected chi connectivity index (χ1v) is 5.57. The molecule has 0 aliphatic carbocycles. The van der Waals surface area contributed by atoms with Crippen molar-refractivity contribution in [2.75, 3.05) is 17.7 Å². The van der Waals surface area contributed by atoms with Crippen molar-refractivity contribution in [3.8, 4) is 5.88 Å². The van der Waals surface area contributed by atoms with Crippen molar-refractivity contribution in [1.82, 2.24) is 9.97 Å². The fourth-order valence-electron chi connectivity index (χ4n) is 1.45. The highest BCUT2D eigenvalue weighted by Gasteiger charge is 2.11. The Balaban J connectivity index is 2.30. The Morgan fingerprint density at radius 3 is 2.79 bits per heavy atom. The zero-order valence-electron chi connectivity index (χ0n) is 10.2. The molecule has 2 rings (SSSR count). The molecule has 7 heteroatoms. The SMILES string of the molecule is CCOc1ncnc(Nc2ccc(F)cc2F)c1N. The minimum atomic E-state index is -0.740. The Labute approximate surface area is 108 Å². The lowest BCUT2D eigenvalue weighted by Crippen LogP contribution is -2.05. The van der Waals surface area contributed by atoms with Crippen molar-refractivity contribution in [3.63, 3.8) is 0 Å². The molecule has 0 aliphatic rings. The maximum Gasteiger partial charge on any atom is 0.242 e. The quantitative estimate of drug-likeness (QED) is 0.889. The molecule has 0 unspecified atom stereocenters. The molecule has 0 aliphatic heterocycles. The van der Waals surface area contributed by atoms with Crippen molar-refractivity contribution < 1.29 is 13.5 Å². The third-order valence-electron chi connectivity index (χ3n) is 2.31. The van der Waals surface area contributed by atoms with Crippen LogP contribution in [0, 0.1) is 11.6 Å². The maximum atomic E-state index is 13.5. The molecular weight excluding hydrogens is 254 g/mol. The Bertz CT molecular complexity index is 592. The summed E-state index contributed by atoms with van der Waals surface area (Å²) in [4.78, 5) is 7.75. The van der Waals surface area contributed by atoms with Gasteiger partial charge in [-0.15, -0.1) is 0 Å². The monoisotopic (exact) mass is 266 g/mol.